The zero-order valence-electron chi connectivity index (χ0n) is 19.4. The molecule has 3 fully saturated rings. The van der Waals surface area contributed by atoms with Gasteiger partial charge in [0.05, 0.1) is 23.7 Å². The lowest BCUT2D eigenvalue weighted by Crippen LogP contribution is -2.62. The number of benzene rings is 1. The third-order valence-corrected chi connectivity index (χ3v) is 10.0. The largest absolute Gasteiger partial charge is 0.340 e. The van der Waals surface area contributed by atoms with Crippen LogP contribution in [0.15, 0.2) is 30.5 Å². The molecule has 0 radical (unpaired) electrons. The van der Waals surface area contributed by atoms with Crippen molar-refractivity contribution < 1.29 is 8.42 Å². The van der Waals surface area contributed by atoms with Gasteiger partial charge < -0.3 is 4.90 Å². The summed E-state index contributed by atoms with van der Waals surface area (Å²) >= 11 is 6.35. The molecule has 1 spiro atoms. The van der Waals surface area contributed by atoms with Crippen molar-refractivity contribution in [2.24, 2.45) is 5.41 Å². The first kappa shape index (κ1) is 22.2. The minimum atomic E-state index is -2.94. The number of rotatable bonds is 3. The molecule has 5 heterocycles. The predicted molar refractivity (Wildman–Crippen MR) is 131 cm³/mol. The second-order valence-electron chi connectivity index (χ2n) is 10.5. The summed E-state index contributed by atoms with van der Waals surface area (Å²) < 4.78 is 25.9. The van der Waals surface area contributed by atoms with Crippen molar-refractivity contribution in [2.75, 3.05) is 29.5 Å². The minimum absolute atomic E-state index is 0.0109. The summed E-state index contributed by atoms with van der Waals surface area (Å²) in [5.41, 5.74) is 2.68. The lowest BCUT2D eigenvalue weighted by molar-refractivity contribution is 0.0574. The van der Waals surface area contributed by atoms with Crippen LogP contribution in [0.25, 0.3) is 5.69 Å². The van der Waals surface area contributed by atoms with E-state index in [1.54, 1.807) is 12.3 Å². The highest BCUT2D eigenvalue weighted by molar-refractivity contribution is 7.92. The summed E-state index contributed by atoms with van der Waals surface area (Å²) in [6, 6.07) is 9.56. The molecule has 0 atom stereocenters. The highest BCUT2D eigenvalue weighted by Crippen LogP contribution is 2.56. The third kappa shape index (κ3) is 3.50. The molecule has 2 aromatic heterocycles. The monoisotopic (exact) mass is 522 g/mol. The number of halogens is 1. The van der Waals surface area contributed by atoms with Crippen LogP contribution in [-0.2, 0) is 22.9 Å². The van der Waals surface area contributed by atoms with Gasteiger partial charge in [-0.1, -0.05) is 11.6 Å². The smallest absolute Gasteiger partial charge is 0.226 e. The van der Waals surface area contributed by atoms with Crippen LogP contribution in [-0.4, -0.2) is 68.7 Å². The fourth-order valence-electron chi connectivity index (χ4n) is 6.22. The van der Waals surface area contributed by atoms with Crippen LogP contribution < -0.4 is 4.90 Å². The van der Waals surface area contributed by atoms with Gasteiger partial charge >= 0.3 is 0 Å². The first-order valence-corrected chi connectivity index (χ1v) is 14.2. The molecule has 3 aromatic rings. The zero-order chi connectivity index (χ0) is 24.7. The molecule has 0 amide bonds. The molecular weight excluding hydrogens is 500 g/mol. The van der Waals surface area contributed by atoms with Crippen molar-refractivity contribution in [3.05, 3.63) is 58.4 Å². The van der Waals surface area contributed by atoms with Gasteiger partial charge in [0.2, 0.25) is 5.95 Å². The van der Waals surface area contributed by atoms with Crippen LogP contribution >= 0.6 is 11.6 Å². The number of hydrogen-bond donors (Lipinski definition) is 0. The number of anilines is 1. The first-order valence-electron chi connectivity index (χ1n) is 12.0. The van der Waals surface area contributed by atoms with E-state index in [0.717, 1.165) is 48.8 Å². The van der Waals surface area contributed by atoms with Crippen molar-refractivity contribution >= 4 is 27.4 Å². The van der Waals surface area contributed by atoms with Crippen LogP contribution in [0.3, 0.4) is 0 Å². The Kier molecular flexibility index (Phi) is 4.75. The molecule has 10 nitrogen and oxygen atoms in total. The molecule has 36 heavy (non-hydrogen) atoms. The van der Waals surface area contributed by atoms with Crippen molar-refractivity contribution in [2.45, 2.75) is 37.9 Å². The second-order valence-corrected chi connectivity index (χ2v) is 13.1. The number of hydrogen-bond acceptors (Lipinski definition) is 9. The van der Waals surface area contributed by atoms with Crippen molar-refractivity contribution in [1.29, 1.82) is 5.26 Å². The summed E-state index contributed by atoms with van der Waals surface area (Å²) in [7, 11) is -2.94. The molecule has 3 aliphatic heterocycles. The highest BCUT2D eigenvalue weighted by atomic mass is 35.5. The van der Waals surface area contributed by atoms with Crippen LogP contribution in [0.2, 0.25) is 5.02 Å². The van der Waals surface area contributed by atoms with Crippen LogP contribution in [0.4, 0.5) is 5.95 Å². The van der Waals surface area contributed by atoms with Gasteiger partial charge in [-0.25, -0.2) is 18.4 Å². The SMILES string of the molecule is N#Cc1ccnc(N2CC3(CC(c4nnc5n4-c4ccc(Cl)cc4CN(C4CS(=O)(=O)C4)C5)C3)C2)n1. The van der Waals surface area contributed by atoms with Crippen LogP contribution in [0.5, 0.6) is 0 Å². The van der Waals surface area contributed by atoms with Crippen molar-refractivity contribution in [3.8, 4) is 11.8 Å². The van der Waals surface area contributed by atoms with E-state index >= 15 is 0 Å². The minimum Gasteiger partial charge on any atom is -0.340 e. The Morgan fingerprint density at radius 2 is 1.92 bits per heavy atom. The molecule has 1 saturated carbocycles. The summed E-state index contributed by atoms with van der Waals surface area (Å²) in [4.78, 5) is 13.0. The maximum absolute atomic E-state index is 11.8. The maximum atomic E-state index is 11.8. The van der Waals surface area contributed by atoms with Crippen molar-refractivity contribution in [3.63, 3.8) is 0 Å². The summed E-state index contributed by atoms with van der Waals surface area (Å²) in [6.45, 7) is 2.92. The first-order chi connectivity index (χ1) is 17.3. The van der Waals surface area contributed by atoms with Crippen LogP contribution in [0.1, 0.15) is 41.7 Å². The normalized spacial score (nSPS) is 22.5. The van der Waals surface area contributed by atoms with Gasteiger partial charge in [0, 0.05) is 48.2 Å². The number of fused-ring (bicyclic) bond motifs is 3. The zero-order valence-corrected chi connectivity index (χ0v) is 21.0. The lowest BCUT2D eigenvalue weighted by atomic mass is 9.57. The molecule has 2 saturated heterocycles. The number of sulfone groups is 1. The Bertz CT molecular complexity index is 1520. The van der Waals surface area contributed by atoms with E-state index in [1.165, 1.54) is 0 Å². The molecule has 0 bridgehead atoms. The van der Waals surface area contributed by atoms with E-state index in [4.69, 9.17) is 16.9 Å². The van der Waals surface area contributed by atoms with Gasteiger partial charge in [-0.15, -0.1) is 10.2 Å². The Morgan fingerprint density at radius 1 is 1.11 bits per heavy atom. The number of nitriles is 1. The van der Waals surface area contributed by atoms with Gasteiger partial charge in [0.25, 0.3) is 0 Å². The molecule has 1 aliphatic carbocycles. The molecule has 4 aliphatic rings. The van der Waals surface area contributed by atoms with Gasteiger partial charge in [-0.05, 0) is 42.7 Å². The van der Waals surface area contributed by atoms with E-state index in [2.05, 4.69) is 40.6 Å². The Balaban J connectivity index is 1.13. The standard InChI is InChI=1S/C24H23ClN8O2S/c25-17-1-2-20-15(5-17)9-31(19-11-36(34,35)12-19)10-21-29-30-22(33(20)21)16-6-24(7-16)13-32(14-24)23-27-4-3-18(8-26)28-23/h1-5,16,19H,6-7,9-14H2. The molecule has 0 N–H and O–H groups in total. The van der Waals surface area contributed by atoms with Crippen LogP contribution in [0, 0.1) is 16.7 Å². The summed E-state index contributed by atoms with van der Waals surface area (Å²) in [5, 5.41) is 19.0. The third-order valence-electron chi connectivity index (χ3n) is 7.98. The molecule has 7 rings (SSSR count). The fourth-order valence-corrected chi connectivity index (χ4v) is 7.91. The Hall–Kier alpha value is -3.07. The maximum Gasteiger partial charge on any atom is 0.226 e. The lowest BCUT2D eigenvalue weighted by Gasteiger charge is -2.58. The quantitative estimate of drug-likeness (QED) is 0.509. The fraction of sp³-hybridized carbons (Fsp3) is 0.458. The molecule has 12 heteroatoms. The number of nitrogens with zero attached hydrogens (tertiary/aromatic N) is 8. The second kappa shape index (κ2) is 7.71. The highest BCUT2D eigenvalue weighted by Gasteiger charge is 2.55. The summed E-state index contributed by atoms with van der Waals surface area (Å²) in [5.74, 6) is 3.08. The Morgan fingerprint density at radius 3 is 2.67 bits per heavy atom. The predicted octanol–water partition coefficient (Wildman–Crippen LogP) is 2.08. The average Bonchev–Trinajstić information content (AvgIpc) is 3.11. The van der Waals surface area contributed by atoms with Gasteiger partial charge in [0.1, 0.15) is 17.6 Å². The molecule has 1 aromatic carbocycles. The van der Waals surface area contributed by atoms with Crippen molar-refractivity contribution in [1.82, 2.24) is 29.6 Å². The molecule has 0 unspecified atom stereocenters. The van der Waals surface area contributed by atoms with E-state index in [-0.39, 0.29) is 23.0 Å². The average molecular weight is 523 g/mol. The van der Waals surface area contributed by atoms with Gasteiger partial charge in [-0.3, -0.25) is 9.47 Å². The van der Waals surface area contributed by atoms with E-state index in [0.29, 0.717) is 35.7 Å². The van der Waals surface area contributed by atoms with E-state index in [1.807, 2.05) is 18.2 Å². The Labute approximate surface area is 213 Å². The van der Waals surface area contributed by atoms with Gasteiger partial charge in [0.15, 0.2) is 15.7 Å². The molecule has 184 valence electrons. The molecular formula is C24H23ClN8O2S. The summed E-state index contributed by atoms with van der Waals surface area (Å²) in [6.07, 6.45) is 3.65. The van der Waals surface area contributed by atoms with E-state index in [9.17, 15) is 8.42 Å². The van der Waals surface area contributed by atoms with E-state index < -0.39 is 9.84 Å². The number of aromatic nitrogens is 5. The topological polar surface area (TPSA) is 121 Å². The van der Waals surface area contributed by atoms with Gasteiger partial charge in [-0.2, -0.15) is 5.26 Å².